The van der Waals surface area contributed by atoms with E-state index in [-0.39, 0.29) is 0 Å². The number of nitrogens with zero attached hydrogens (tertiary/aromatic N) is 4. The summed E-state index contributed by atoms with van der Waals surface area (Å²) in [6, 6.07) is 11.7. The standard InChI is InChI=1S/C13H13N5O/c1-10-6-7-11(19-10)8-14-12-4-2-3-5-13(12)18-9-15-16-17-18/h2-7,9,14H,8H2,1H3. The SMILES string of the molecule is Cc1ccc(CNc2ccccc2-n2cnnn2)o1. The van der Waals surface area contributed by atoms with Gasteiger partial charge < -0.3 is 9.73 Å². The predicted molar refractivity (Wildman–Crippen MR) is 69.9 cm³/mol. The lowest BCUT2D eigenvalue weighted by Gasteiger charge is -2.09. The summed E-state index contributed by atoms with van der Waals surface area (Å²) in [5.41, 5.74) is 1.85. The van der Waals surface area contributed by atoms with Crippen LogP contribution in [0.4, 0.5) is 5.69 Å². The van der Waals surface area contributed by atoms with Crippen molar-refractivity contribution in [3.8, 4) is 5.69 Å². The second-order valence-electron chi connectivity index (χ2n) is 4.14. The Hall–Kier alpha value is -2.63. The van der Waals surface area contributed by atoms with Crippen LogP contribution in [0.3, 0.4) is 0 Å². The number of tetrazole rings is 1. The fourth-order valence-corrected chi connectivity index (χ4v) is 1.86. The van der Waals surface area contributed by atoms with Crippen LogP contribution < -0.4 is 5.32 Å². The van der Waals surface area contributed by atoms with Crippen molar-refractivity contribution < 1.29 is 4.42 Å². The van der Waals surface area contributed by atoms with E-state index in [9.17, 15) is 0 Å². The van der Waals surface area contributed by atoms with Gasteiger partial charge in [0.15, 0.2) is 0 Å². The Balaban J connectivity index is 1.81. The molecule has 6 nitrogen and oxygen atoms in total. The van der Waals surface area contributed by atoms with Gasteiger partial charge in [-0.1, -0.05) is 12.1 Å². The van der Waals surface area contributed by atoms with Gasteiger partial charge in [0.2, 0.25) is 0 Å². The quantitative estimate of drug-likeness (QED) is 0.773. The van der Waals surface area contributed by atoms with Gasteiger partial charge in [0.05, 0.1) is 17.9 Å². The fourth-order valence-electron chi connectivity index (χ4n) is 1.86. The van der Waals surface area contributed by atoms with Crippen molar-refractivity contribution in [2.75, 3.05) is 5.32 Å². The molecule has 0 aliphatic heterocycles. The molecule has 0 spiro atoms. The predicted octanol–water partition coefficient (Wildman–Crippen LogP) is 2.18. The van der Waals surface area contributed by atoms with Crippen molar-refractivity contribution >= 4 is 5.69 Å². The Morgan fingerprint density at radius 3 is 2.84 bits per heavy atom. The van der Waals surface area contributed by atoms with Crippen molar-refractivity contribution in [2.45, 2.75) is 13.5 Å². The summed E-state index contributed by atoms with van der Waals surface area (Å²) >= 11 is 0. The van der Waals surface area contributed by atoms with Crippen LogP contribution in [0.2, 0.25) is 0 Å². The van der Waals surface area contributed by atoms with E-state index in [4.69, 9.17) is 4.42 Å². The molecule has 0 saturated carbocycles. The molecule has 0 fully saturated rings. The highest BCUT2D eigenvalue weighted by molar-refractivity contribution is 5.60. The molecule has 0 aliphatic carbocycles. The lowest BCUT2D eigenvalue weighted by atomic mass is 10.2. The zero-order chi connectivity index (χ0) is 13.1. The summed E-state index contributed by atoms with van der Waals surface area (Å²) in [4.78, 5) is 0. The van der Waals surface area contributed by atoms with E-state index in [1.165, 1.54) is 0 Å². The van der Waals surface area contributed by atoms with Gasteiger partial charge >= 0.3 is 0 Å². The minimum Gasteiger partial charge on any atom is -0.465 e. The molecule has 2 heterocycles. The van der Waals surface area contributed by atoms with Gasteiger partial charge in [-0.05, 0) is 41.6 Å². The maximum atomic E-state index is 5.53. The van der Waals surface area contributed by atoms with Crippen molar-refractivity contribution in [1.29, 1.82) is 0 Å². The molecule has 2 aromatic heterocycles. The maximum Gasteiger partial charge on any atom is 0.143 e. The number of benzene rings is 1. The van der Waals surface area contributed by atoms with Crippen LogP contribution in [0.1, 0.15) is 11.5 Å². The van der Waals surface area contributed by atoms with E-state index in [0.29, 0.717) is 6.54 Å². The van der Waals surface area contributed by atoms with Crippen molar-refractivity contribution in [3.05, 3.63) is 54.2 Å². The van der Waals surface area contributed by atoms with Gasteiger partial charge in [0, 0.05) is 0 Å². The number of hydrogen-bond donors (Lipinski definition) is 1. The molecule has 0 amide bonds. The molecule has 1 aromatic carbocycles. The van der Waals surface area contributed by atoms with E-state index < -0.39 is 0 Å². The zero-order valence-electron chi connectivity index (χ0n) is 10.4. The Morgan fingerprint density at radius 1 is 1.21 bits per heavy atom. The molecule has 0 aliphatic rings. The normalized spacial score (nSPS) is 10.6. The first-order chi connectivity index (χ1) is 9.33. The van der Waals surface area contributed by atoms with E-state index in [0.717, 1.165) is 22.9 Å². The fraction of sp³-hybridized carbons (Fsp3) is 0.154. The van der Waals surface area contributed by atoms with Gasteiger partial charge in [-0.15, -0.1) is 5.10 Å². The van der Waals surface area contributed by atoms with Gasteiger partial charge in [-0.3, -0.25) is 0 Å². The molecular weight excluding hydrogens is 242 g/mol. The van der Waals surface area contributed by atoms with Gasteiger partial charge in [-0.25, -0.2) is 0 Å². The Labute approximate surface area is 110 Å². The molecule has 0 unspecified atom stereocenters. The molecule has 0 saturated heterocycles. The van der Waals surface area contributed by atoms with Crippen LogP contribution in [0, 0.1) is 6.92 Å². The summed E-state index contributed by atoms with van der Waals surface area (Å²) < 4.78 is 7.15. The molecule has 0 radical (unpaired) electrons. The number of nitrogens with one attached hydrogen (secondary N) is 1. The first-order valence-corrected chi connectivity index (χ1v) is 5.94. The molecule has 3 rings (SSSR count). The first-order valence-electron chi connectivity index (χ1n) is 5.94. The minimum atomic E-state index is 0.618. The molecular formula is C13H13N5O. The largest absolute Gasteiger partial charge is 0.465 e. The van der Waals surface area contributed by atoms with E-state index in [1.807, 2.05) is 43.3 Å². The third-order valence-corrected chi connectivity index (χ3v) is 2.75. The summed E-state index contributed by atoms with van der Waals surface area (Å²) in [6.07, 6.45) is 1.57. The molecule has 1 N–H and O–H groups in total. The third-order valence-electron chi connectivity index (χ3n) is 2.75. The average molecular weight is 255 g/mol. The number of hydrogen-bond acceptors (Lipinski definition) is 5. The van der Waals surface area contributed by atoms with Crippen LogP contribution in [-0.2, 0) is 6.54 Å². The van der Waals surface area contributed by atoms with E-state index in [1.54, 1.807) is 11.0 Å². The van der Waals surface area contributed by atoms with Crippen molar-refractivity contribution in [2.24, 2.45) is 0 Å². The molecule has 96 valence electrons. The van der Waals surface area contributed by atoms with Crippen molar-refractivity contribution in [1.82, 2.24) is 20.2 Å². The Morgan fingerprint density at radius 2 is 2.11 bits per heavy atom. The lowest BCUT2D eigenvalue weighted by Crippen LogP contribution is -2.04. The molecule has 0 atom stereocenters. The lowest BCUT2D eigenvalue weighted by molar-refractivity contribution is 0.490. The maximum absolute atomic E-state index is 5.53. The van der Waals surface area contributed by atoms with Crippen LogP contribution in [-0.4, -0.2) is 20.2 Å². The molecule has 19 heavy (non-hydrogen) atoms. The van der Waals surface area contributed by atoms with E-state index >= 15 is 0 Å². The van der Waals surface area contributed by atoms with Crippen LogP contribution >= 0.6 is 0 Å². The second kappa shape index (κ2) is 4.93. The summed E-state index contributed by atoms with van der Waals surface area (Å²) in [5, 5.41) is 14.5. The molecule has 0 bridgehead atoms. The minimum absolute atomic E-state index is 0.618. The monoisotopic (exact) mass is 255 g/mol. The first kappa shape index (κ1) is 11.5. The number of aromatic nitrogens is 4. The topological polar surface area (TPSA) is 68.8 Å². The van der Waals surface area contributed by atoms with Gasteiger partial charge in [-0.2, -0.15) is 4.68 Å². The van der Waals surface area contributed by atoms with E-state index in [2.05, 4.69) is 20.8 Å². The summed E-state index contributed by atoms with van der Waals surface area (Å²) in [5.74, 6) is 1.80. The number of anilines is 1. The van der Waals surface area contributed by atoms with Gasteiger partial charge in [0.1, 0.15) is 17.8 Å². The number of furan rings is 1. The highest BCUT2D eigenvalue weighted by Gasteiger charge is 2.05. The van der Waals surface area contributed by atoms with Crippen molar-refractivity contribution in [3.63, 3.8) is 0 Å². The average Bonchev–Trinajstić information content (AvgIpc) is 3.08. The number of rotatable bonds is 4. The van der Waals surface area contributed by atoms with Crippen LogP contribution in [0.25, 0.3) is 5.69 Å². The Bertz CT molecular complexity index is 659. The zero-order valence-corrected chi connectivity index (χ0v) is 10.4. The van der Waals surface area contributed by atoms with Crippen LogP contribution in [0.5, 0.6) is 0 Å². The van der Waals surface area contributed by atoms with Gasteiger partial charge in [0.25, 0.3) is 0 Å². The number of para-hydroxylation sites is 2. The molecule has 3 aromatic rings. The molecule has 6 heteroatoms. The smallest absolute Gasteiger partial charge is 0.143 e. The third kappa shape index (κ3) is 2.47. The summed E-state index contributed by atoms with van der Waals surface area (Å²) in [6.45, 7) is 2.55. The van der Waals surface area contributed by atoms with Crippen LogP contribution in [0.15, 0.2) is 47.1 Å². The Kier molecular flexibility index (Phi) is 2.97. The highest BCUT2D eigenvalue weighted by Crippen LogP contribution is 2.19. The number of aryl methyl sites for hydroxylation is 1. The summed E-state index contributed by atoms with van der Waals surface area (Å²) in [7, 11) is 0. The second-order valence-corrected chi connectivity index (χ2v) is 4.14. The highest BCUT2D eigenvalue weighted by atomic mass is 16.3.